The van der Waals surface area contributed by atoms with Crippen molar-refractivity contribution < 1.29 is 0 Å². The van der Waals surface area contributed by atoms with Crippen LogP contribution in [0.2, 0.25) is 5.02 Å². The summed E-state index contributed by atoms with van der Waals surface area (Å²) >= 11 is 5.96. The van der Waals surface area contributed by atoms with Crippen LogP contribution in [0, 0.1) is 0 Å². The topological polar surface area (TPSA) is 57.8 Å². The summed E-state index contributed by atoms with van der Waals surface area (Å²) < 4.78 is 0. The first-order valence-corrected chi connectivity index (χ1v) is 9.55. The average Bonchev–Trinajstić information content (AvgIpc) is 2.73. The number of nitrogens with one attached hydrogen (secondary N) is 2. The summed E-state index contributed by atoms with van der Waals surface area (Å²) in [5.41, 5.74) is 4.03. The lowest BCUT2D eigenvalue weighted by Gasteiger charge is -2.15. The van der Waals surface area contributed by atoms with E-state index in [2.05, 4.69) is 58.6 Å². The van der Waals surface area contributed by atoms with E-state index < -0.39 is 0 Å². The average molecular weight is 390 g/mol. The van der Waals surface area contributed by atoms with E-state index >= 15 is 0 Å². The molecule has 140 valence electrons. The minimum Gasteiger partial charge on any atom is -0.309 e. The first kappa shape index (κ1) is 18.4. The fraction of sp³-hybridized carbons (Fsp3) is 0.130. The number of hydrogen-bond acceptors (Lipinski definition) is 3. The Morgan fingerprint density at radius 3 is 2.46 bits per heavy atom. The van der Waals surface area contributed by atoms with Crippen LogP contribution in [0.15, 0.2) is 77.6 Å². The standard InChI is InChI=1S/C23H20ClN3O/c1-15(16-7-9-18(10-8-16)17-5-3-2-4-6-17)25-14-22-26-21-12-11-19(24)13-20(21)23(28)27-22/h2-13,15,25H,14H2,1H3,(H,26,27,28)/t15-/m1/s1. The second-order valence-electron chi connectivity index (χ2n) is 6.76. The molecule has 1 heterocycles. The zero-order valence-electron chi connectivity index (χ0n) is 15.4. The van der Waals surface area contributed by atoms with Crippen molar-refractivity contribution in [3.05, 3.63) is 99.6 Å². The van der Waals surface area contributed by atoms with Crippen molar-refractivity contribution in [2.75, 3.05) is 0 Å². The van der Waals surface area contributed by atoms with Gasteiger partial charge in [0.1, 0.15) is 5.82 Å². The molecular formula is C23H20ClN3O. The number of aromatic nitrogens is 2. The number of halogens is 1. The molecule has 0 saturated heterocycles. The van der Waals surface area contributed by atoms with E-state index in [9.17, 15) is 4.79 Å². The highest BCUT2D eigenvalue weighted by Crippen LogP contribution is 2.22. The summed E-state index contributed by atoms with van der Waals surface area (Å²) in [4.78, 5) is 19.6. The van der Waals surface area contributed by atoms with Crippen LogP contribution in [-0.4, -0.2) is 9.97 Å². The number of hydrogen-bond donors (Lipinski definition) is 2. The Morgan fingerprint density at radius 1 is 1.00 bits per heavy atom. The lowest BCUT2D eigenvalue weighted by Crippen LogP contribution is -2.22. The van der Waals surface area contributed by atoms with E-state index in [1.165, 1.54) is 16.7 Å². The van der Waals surface area contributed by atoms with Gasteiger partial charge in [0, 0.05) is 11.1 Å². The molecule has 0 bridgehead atoms. The molecule has 0 radical (unpaired) electrons. The second kappa shape index (κ2) is 7.97. The molecule has 5 heteroatoms. The van der Waals surface area contributed by atoms with Crippen molar-refractivity contribution in [2.24, 2.45) is 0 Å². The Bertz CT molecular complexity index is 1150. The van der Waals surface area contributed by atoms with Gasteiger partial charge in [-0.15, -0.1) is 0 Å². The number of rotatable bonds is 5. The number of aromatic amines is 1. The summed E-state index contributed by atoms with van der Waals surface area (Å²) in [6, 6.07) is 24.1. The van der Waals surface area contributed by atoms with Gasteiger partial charge in [-0.3, -0.25) is 4.79 Å². The van der Waals surface area contributed by atoms with E-state index in [-0.39, 0.29) is 11.6 Å². The summed E-state index contributed by atoms with van der Waals surface area (Å²) in [5, 5.41) is 4.45. The third kappa shape index (κ3) is 3.98. The van der Waals surface area contributed by atoms with E-state index in [4.69, 9.17) is 11.6 Å². The van der Waals surface area contributed by atoms with Crippen molar-refractivity contribution in [1.82, 2.24) is 15.3 Å². The van der Waals surface area contributed by atoms with Crippen molar-refractivity contribution in [3.63, 3.8) is 0 Å². The fourth-order valence-corrected chi connectivity index (χ4v) is 3.38. The van der Waals surface area contributed by atoms with Gasteiger partial charge in [-0.1, -0.05) is 66.2 Å². The molecule has 28 heavy (non-hydrogen) atoms. The Kier molecular flexibility index (Phi) is 5.24. The maximum Gasteiger partial charge on any atom is 0.258 e. The van der Waals surface area contributed by atoms with Gasteiger partial charge in [0.15, 0.2) is 0 Å². The van der Waals surface area contributed by atoms with Gasteiger partial charge in [0.25, 0.3) is 5.56 Å². The SMILES string of the molecule is C[C@@H](NCc1nc2ccc(Cl)cc2c(=O)[nH]1)c1ccc(-c2ccccc2)cc1. The highest BCUT2D eigenvalue weighted by molar-refractivity contribution is 6.31. The lowest BCUT2D eigenvalue weighted by molar-refractivity contribution is 0.559. The normalized spacial score (nSPS) is 12.2. The molecule has 2 N–H and O–H groups in total. The molecule has 1 aromatic heterocycles. The molecule has 0 saturated carbocycles. The summed E-state index contributed by atoms with van der Waals surface area (Å²) in [6.07, 6.45) is 0. The fourth-order valence-electron chi connectivity index (χ4n) is 3.21. The number of nitrogens with zero attached hydrogens (tertiary/aromatic N) is 1. The van der Waals surface area contributed by atoms with E-state index in [1.54, 1.807) is 18.2 Å². The summed E-state index contributed by atoms with van der Waals surface area (Å²) in [7, 11) is 0. The van der Waals surface area contributed by atoms with Gasteiger partial charge >= 0.3 is 0 Å². The number of benzene rings is 3. The highest BCUT2D eigenvalue weighted by Gasteiger charge is 2.08. The molecule has 1 atom stereocenters. The van der Waals surface area contributed by atoms with Crippen LogP contribution in [-0.2, 0) is 6.54 Å². The lowest BCUT2D eigenvalue weighted by atomic mass is 10.0. The maximum atomic E-state index is 12.3. The van der Waals surface area contributed by atoms with Gasteiger partial charge < -0.3 is 10.3 Å². The second-order valence-corrected chi connectivity index (χ2v) is 7.20. The molecule has 3 aromatic carbocycles. The summed E-state index contributed by atoms with van der Waals surface area (Å²) in [5.74, 6) is 0.604. The smallest absolute Gasteiger partial charge is 0.258 e. The van der Waals surface area contributed by atoms with Crippen molar-refractivity contribution in [1.29, 1.82) is 0 Å². The van der Waals surface area contributed by atoms with Crippen LogP contribution in [0.3, 0.4) is 0 Å². The van der Waals surface area contributed by atoms with Gasteiger partial charge in [-0.2, -0.15) is 0 Å². The molecule has 0 amide bonds. The molecule has 0 aliphatic carbocycles. The predicted octanol–water partition coefficient (Wildman–Crippen LogP) is 5.09. The first-order chi connectivity index (χ1) is 13.6. The quantitative estimate of drug-likeness (QED) is 0.499. The van der Waals surface area contributed by atoms with Gasteiger partial charge in [-0.25, -0.2) is 4.98 Å². The molecule has 4 aromatic rings. The van der Waals surface area contributed by atoms with E-state index in [0.717, 1.165) is 0 Å². The van der Waals surface area contributed by atoms with Crippen molar-refractivity contribution >= 4 is 22.5 Å². The number of H-pyrrole nitrogens is 1. The van der Waals surface area contributed by atoms with E-state index in [1.807, 2.05) is 18.2 Å². The Balaban J connectivity index is 1.47. The van der Waals surface area contributed by atoms with Crippen LogP contribution in [0.25, 0.3) is 22.0 Å². The van der Waals surface area contributed by atoms with Crippen molar-refractivity contribution in [3.8, 4) is 11.1 Å². The molecule has 0 fully saturated rings. The van der Waals surface area contributed by atoms with Gasteiger partial charge in [0.2, 0.25) is 0 Å². The molecule has 0 aliphatic heterocycles. The Morgan fingerprint density at radius 2 is 1.71 bits per heavy atom. The highest BCUT2D eigenvalue weighted by atomic mass is 35.5. The Labute approximate surface area is 168 Å². The van der Waals surface area contributed by atoms with Crippen LogP contribution >= 0.6 is 11.6 Å². The van der Waals surface area contributed by atoms with Crippen LogP contribution < -0.4 is 10.9 Å². The molecule has 4 rings (SSSR count). The third-order valence-electron chi connectivity index (χ3n) is 4.81. The molecule has 0 aliphatic rings. The molecule has 0 unspecified atom stereocenters. The van der Waals surface area contributed by atoms with Crippen LogP contribution in [0.1, 0.15) is 24.4 Å². The first-order valence-electron chi connectivity index (χ1n) is 9.17. The van der Waals surface area contributed by atoms with Crippen LogP contribution in [0.5, 0.6) is 0 Å². The van der Waals surface area contributed by atoms with Crippen LogP contribution in [0.4, 0.5) is 0 Å². The minimum atomic E-state index is -0.177. The Hall–Kier alpha value is -2.95. The van der Waals surface area contributed by atoms with E-state index in [0.29, 0.717) is 28.3 Å². The number of fused-ring (bicyclic) bond motifs is 1. The zero-order chi connectivity index (χ0) is 19.5. The third-order valence-corrected chi connectivity index (χ3v) is 5.05. The van der Waals surface area contributed by atoms with Gasteiger partial charge in [0.05, 0.1) is 17.4 Å². The molecular weight excluding hydrogens is 370 g/mol. The minimum absolute atomic E-state index is 0.121. The predicted molar refractivity (Wildman–Crippen MR) is 115 cm³/mol. The molecule has 4 nitrogen and oxygen atoms in total. The molecule has 0 spiro atoms. The van der Waals surface area contributed by atoms with Crippen molar-refractivity contribution in [2.45, 2.75) is 19.5 Å². The monoisotopic (exact) mass is 389 g/mol. The van der Waals surface area contributed by atoms with Gasteiger partial charge in [-0.05, 0) is 41.8 Å². The summed E-state index contributed by atoms with van der Waals surface area (Å²) in [6.45, 7) is 2.56. The largest absolute Gasteiger partial charge is 0.309 e. The maximum absolute atomic E-state index is 12.3. The zero-order valence-corrected chi connectivity index (χ0v) is 16.2.